The number of carboxylic acid groups (broad SMARTS) is 1. The van der Waals surface area contributed by atoms with Crippen molar-refractivity contribution in [3.8, 4) is 0 Å². The number of hydrogen-bond donors (Lipinski definition) is 1. The van der Waals surface area contributed by atoms with Crippen LogP contribution in [0.15, 0.2) is 12.7 Å². The Morgan fingerprint density at radius 2 is 1.79 bits per heavy atom. The maximum atomic E-state index is 9.25. The Morgan fingerprint density at radius 3 is 1.86 bits per heavy atom. The van der Waals surface area contributed by atoms with Gasteiger partial charge in [-0.1, -0.05) is 6.58 Å². The van der Waals surface area contributed by atoms with Crippen molar-refractivity contribution in [3.63, 3.8) is 0 Å². The fourth-order valence-electron chi connectivity index (χ4n) is 1.08. The molecule has 2 nitrogen and oxygen atoms in total. The van der Waals surface area contributed by atoms with E-state index < -0.39 is 5.97 Å². The van der Waals surface area contributed by atoms with Crippen LogP contribution in [0.1, 0.15) is 46.5 Å². The first-order valence-corrected chi connectivity index (χ1v) is 6.48. The van der Waals surface area contributed by atoms with Crippen LogP contribution in [0.5, 0.6) is 0 Å². The van der Waals surface area contributed by atoms with Gasteiger partial charge in [0.1, 0.15) is 0 Å². The molecular formula is C11H21O2Sn. The fourth-order valence-corrected chi connectivity index (χ4v) is 1.80. The predicted molar refractivity (Wildman–Crippen MR) is 61.8 cm³/mol. The molecule has 14 heavy (non-hydrogen) atoms. The molecule has 0 aliphatic carbocycles. The predicted octanol–water partition coefficient (Wildman–Crippen LogP) is 3.19. The maximum absolute atomic E-state index is 9.25. The van der Waals surface area contributed by atoms with Crippen LogP contribution in [0.3, 0.4) is 0 Å². The van der Waals surface area contributed by atoms with Crippen LogP contribution < -0.4 is 0 Å². The van der Waals surface area contributed by atoms with Gasteiger partial charge in [-0.05, 0) is 0 Å². The monoisotopic (exact) mass is 305 g/mol. The van der Waals surface area contributed by atoms with E-state index in [9.17, 15) is 4.79 Å². The molecule has 0 aliphatic heterocycles. The molecule has 1 N–H and O–H groups in total. The van der Waals surface area contributed by atoms with Gasteiger partial charge in [0.15, 0.2) is 0 Å². The second kappa shape index (κ2) is 9.56. The van der Waals surface area contributed by atoms with Gasteiger partial charge in [-0.2, -0.15) is 0 Å². The molecule has 0 heterocycles. The average Bonchev–Trinajstić information content (AvgIpc) is 2.19. The van der Waals surface area contributed by atoms with Crippen molar-refractivity contribution in [2.24, 2.45) is 0 Å². The molecule has 0 rings (SSSR count). The van der Waals surface area contributed by atoms with Gasteiger partial charge in [0.25, 0.3) is 0 Å². The van der Waals surface area contributed by atoms with Crippen molar-refractivity contribution >= 4 is 28.5 Å². The van der Waals surface area contributed by atoms with Crippen molar-refractivity contribution in [2.45, 2.75) is 49.9 Å². The van der Waals surface area contributed by atoms with E-state index in [1.807, 2.05) is 0 Å². The fraction of sp³-hybridized carbons (Fsp3) is 0.727. The van der Waals surface area contributed by atoms with Crippen molar-refractivity contribution < 1.29 is 9.90 Å². The van der Waals surface area contributed by atoms with Crippen LogP contribution in [0.2, 0.25) is 3.43 Å². The Bertz CT molecular complexity index is 163. The van der Waals surface area contributed by atoms with Crippen molar-refractivity contribution in [3.05, 3.63) is 12.7 Å². The first kappa shape index (κ1) is 16.4. The third-order valence-corrected chi connectivity index (χ3v) is 4.99. The standard InChI is InChI=1S/C8H17.C3H4O2.Sn/c1-4-7-8(5-2)6-3;1-2-3(4)5;/h4-7H2,1-3H3;2H,1H2,(H,4,5);. The second-order valence-electron chi connectivity index (χ2n) is 3.28. The molecule has 0 saturated heterocycles. The Labute approximate surface area is 101 Å². The molecule has 81 valence electrons. The molecule has 0 atom stereocenters. The molecule has 0 aromatic carbocycles. The van der Waals surface area contributed by atoms with Gasteiger partial charge in [-0.15, -0.1) is 0 Å². The van der Waals surface area contributed by atoms with E-state index in [0.717, 1.165) is 9.51 Å². The van der Waals surface area contributed by atoms with Gasteiger partial charge in [0.05, 0.1) is 0 Å². The minimum absolute atomic E-state index is 0.724. The first-order chi connectivity index (χ1) is 6.45. The molecule has 3 radical (unpaired) electrons. The van der Waals surface area contributed by atoms with Crippen LogP contribution in [0, 0.1) is 0 Å². The van der Waals surface area contributed by atoms with Gasteiger partial charge in [-0.3, -0.25) is 0 Å². The summed E-state index contributed by atoms with van der Waals surface area (Å²) in [5.41, 5.74) is 0. The van der Waals surface area contributed by atoms with Gasteiger partial charge in [0.2, 0.25) is 0 Å². The summed E-state index contributed by atoms with van der Waals surface area (Å²) < 4.78 is 0.724. The quantitative estimate of drug-likeness (QED) is 0.625. The molecule has 0 unspecified atom stereocenters. The molecule has 0 bridgehead atoms. The minimum atomic E-state index is -0.981. The topological polar surface area (TPSA) is 37.3 Å². The summed E-state index contributed by atoms with van der Waals surface area (Å²) in [4.78, 5) is 9.25. The van der Waals surface area contributed by atoms with Gasteiger partial charge in [-0.25, -0.2) is 4.79 Å². The zero-order valence-corrected chi connectivity index (χ0v) is 12.3. The number of aliphatic carboxylic acids is 1. The van der Waals surface area contributed by atoms with Gasteiger partial charge >= 0.3 is 78.4 Å². The summed E-state index contributed by atoms with van der Waals surface area (Å²) >= 11 is 1.73. The zero-order valence-electron chi connectivity index (χ0n) is 9.47. The summed E-state index contributed by atoms with van der Waals surface area (Å²) in [6.45, 7) is 9.87. The molecule has 0 saturated carbocycles. The van der Waals surface area contributed by atoms with E-state index in [-0.39, 0.29) is 0 Å². The van der Waals surface area contributed by atoms with E-state index in [1.165, 1.54) is 25.7 Å². The molecular weight excluding hydrogens is 283 g/mol. The van der Waals surface area contributed by atoms with Crippen molar-refractivity contribution in [2.75, 3.05) is 0 Å². The molecule has 0 aromatic rings. The Hall–Kier alpha value is 0.00870. The van der Waals surface area contributed by atoms with Crippen LogP contribution >= 0.6 is 0 Å². The third kappa shape index (κ3) is 10.1. The van der Waals surface area contributed by atoms with Crippen LogP contribution in [-0.4, -0.2) is 33.6 Å². The zero-order chi connectivity index (χ0) is 11.6. The van der Waals surface area contributed by atoms with Gasteiger partial charge in [0, 0.05) is 6.08 Å². The van der Waals surface area contributed by atoms with Crippen molar-refractivity contribution in [1.29, 1.82) is 0 Å². The van der Waals surface area contributed by atoms with Crippen LogP contribution in [0.4, 0.5) is 0 Å². The Kier molecular flexibility index (Phi) is 11.2. The summed E-state index contributed by atoms with van der Waals surface area (Å²) in [5.74, 6) is -0.981. The summed E-state index contributed by atoms with van der Waals surface area (Å²) in [6, 6.07) is 0. The number of rotatable bonds is 5. The van der Waals surface area contributed by atoms with E-state index in [2.05, 4.69) is 27.4 Å². The van der Waals surface area contributed by atoms with E-state index >= 15 is 0 Å². The third-order valence-electron chi connectivity index (χ3n) is 2.26. The molecule has 0 aromatic heterocycles. The van der Waals surface area contributed by atoms with E-state index in [0.29, 0.717) is 0 Å². The summed E-state index contributed by atoms with van der Waals surface area (Å²) in [7, 11) is 0. The normalized spacial score (nSPS) is 10.0. The number of hydrogen-bond acceptors (Lipinski definition) is 1. The summed E-state index contributed by atoms with van der Waals surface area (Å²) in [5, 5.41) is 7.60. The number of carbonyl (C=O) groups is 1. The Balaban J connectivity index is 0. The van der Waals surface area contributed by atoms with Gasteiger partial charge < -0.3 is 5.11 Å². The SMILES string of the molecule is C=CC(=O)O.CCC[C]([Sn])(CC)CC. The van der Waals surface area contributed by atoms with Crippen LogP contribution in [0.25, 0.3) is 0 Å². The Morgan fingerprint density at radius 1 is 1.43 bits per heavy atom. The van der Waals surface area contributed by atoms with E-state index in [4.69, 9.17) is 5.11 Å². The molecule has 3 heteroatoms. The van der Waals surface area contributed by atoms with Crippen LogP contribution in [-0.2, 0) is 4.79 Å². The molecule has 0 spiro atoms. The van der Waals surface area contributed by atoms with Crippen molar-refractivity contribution in [1.82, 2.24) is 0 Å². The van der Waals surface area contributed by atoms with E-state index in [1.54, 1.807) is 22.5 Å². The summed E-state index contributed by atoms with van der Waals surface area (Å²) in [6.07, 6.45) is 6.36. The second-order valence-corrected chi connectivity index (χ2v) is 6.31. The first-order valence-electron chi connectivity index (χ1n) is 5.06. The molecule has 0 aliphatic rings. The number of carboxylic acids is 1. The molecule has 0 amide bonds. The average molecular weight is 304 g/mol. The molecule has 0 fully saturated rings.